The Labute approximate surface area is 101 Å². The molecule has 1 atom stereocenters. The first-order valence-electron chi connectivity index (χ1n) is 5.64. The molecular formula is C12H18N2O3. The molecule has 1 heterocycles. The smallest absolute Gasteiger partial charge is 0.316 e. The Balaban J connectivity index is 0.00000121. The number of hydrogen-bond acceptors (Lipinski definition) is 5. The molecule has 1 aromatic heterocycles. The van der Waals surface area contributed by atoms with Crippen molar-refractivity contribution in [1.82, 2.24) is 9.97 Å². The van der Waals surface area contributed by atoms with Crippen LogP contribution in [0.25, 0.3) is 0 Å². The fourth-order valence-corrected chi connectivity index (χ4v) is 0.994. The summed E-state index contributed by atoms with van der Waals surface area (Å²) in [6, 6.07) is 1.60. The lowest BCUT2D eigenvalue weighted by Gasteiger charge is -2.07. The van der Waals surface area contributed by atoms with E-state index < -0.39 is 17.7 Å². The van der Waals surface area contributed by atoms with E-state index in [0.717, 1.165) is 0 Å². The van der Waals surface area contributed by atoms with Gasteiger partial charge in [0.2, 0.25) is 5.78 Å². The molecule has 1 aromatic rings. The number of aromatic nitrogens is 2. The van der Waals surface area contributed by atoms with Crippen molar-refractivity contribution in [1.29, 1.82) is 0 Å². The number of nitrogens with zero attached hydrogens (tertiary/aromatic N) is 2. The third-order valence-corrected chi connectivity index (χ3v) is 1.82. The summed E-state index contributed by atoms with van der Waals surface area (Å²) in [5.74, 6) is -1.78. The van der Waals surface area contributed by atoms with E-state index in [1.165, 1.54) is 19.3 Å². The van der Waals surface area contributed by atoms with Crippen LogP contribution in [-0.2, 0) is 9.53 Å². The van der Waals surface area contributed by atoms with Crippen LogP contribution in [0.5, 0.6) is 0 Å². The predicted octanol–water partition coefficient (Wildman–Crippen LogP) is 1.88. The van der Waals surface area contributed by atoms with Gasteiger partial charge in [0.15, 0.2) is 5.82 Å². The quantitative estimate of drug-likeness (QED) is 0.455. The Bertz CT molecular complexity index is 352. The van der Waals surface area contributed by atoms with Crippen molar-refractivity contribution in [3.05, 3.63) is 24.3 Å². The van der Waals surface area contributed by atoms with E-state index in [1.54, 1.807) is 13.0 Å². The Morgan fingerprint density at radius 1 is 1.29 bits per heavy atom. The standard InChI is InChI=1S/C10H12N2O3.C2H6/c1-3-15-10(14)7(2)8(13)9-11-5-4-6-12-9;1-2/h4-7H,3H2,1-2H3;1-2H3. The van der Waals surface area contributed by atoms with Crippen molar-refractivity contribution >= 4 is 11.8 Å². The van der Waals surface area contributed by atoms with Crippen LogP contribution in [0, 0.1) is 5.92 Å². The monoisotopic (exact) mass is 238 g/mol. The summed E-state index contributed by atoms with van der Waals surface area (Å²) >= 11 is 0. The first-order chi connectivity index (χ1) is 8.16. The molecule has 0 aliphatic heterocycles. The zero-order chi connectivity index (χ0) is 13.3. The van der Waals surface area contributed by atoms with Crippen LogP contribution in [0.15, 0.2) is 18.5 Å². The number of rotatable bonds is 4. The lowest BCUT2D eigenvalue weighted by atomic mass is 10.1. The minimum Gasteiger partial charge on any atom is -0.465 e. The average Bonchev–Trinajstić information content (AvgIpc) is 2.40. The third kappa shape index (κ3) is 4.72. The zero-order valence-corrected chi connectivity index (χ0v) is 10.6. The van der Waals surface area contributed by atoms with Crippen LogP contribution >= 0.6 is 0 Å². The van der Waals surface area contributed by atoms with Crippen LogP contribution in [0.3, 0.4) is 0 Å². The van der Waals surface area contributed by atoms with Gasteiger partial charge < -0.3 is 4.74 Å². The topological polar surface area (TPSA) is 69.2 Å². The summed E-state index contributed by atoms with van der Waals surface area (Å²) in [5, 5.41) is 0. The van der Waals surface area contributed by atoms with Gasteiger partial charge in [-0.25, -0.2) is 9.97 Å². The number of ether oxygens (including phenoxy) is 1. The molecule has 0 amide bonds. The summed E-state index contributed by atoms with van der Waals surface area (Å²) in [6.45, 7) is 7.43. The fourth-order valence-electron chi connectivity index (χ4n) is 0.994. The summed E-state index contributed by atoms with van der Waals surface area (Å²) in [5.41, 5.74) is 0. The van der Waals surface area contributed by atoms with Crippen LogP contribution in [0.2, 0.25) is 0 Å². The first kappa shape index (κ1) is 15.2. The maximum Gasteiger partial charge on any atom is 0.316 e. The van der Waals surface area contributed by atoms with Gasteiger partial charge in [0, 0.05) is 12.4 Å². The number of ketones is 1. The van der Waals surface area contributed by atoms with E-state index in [-0.39, 0.29) is 12.4 Å². The van der Waals surface area contributed by atoms with Crippen LogP contribution in [0.1, 0.15) is 38.3 Å². The fraction of sp³-hybridized carbons (Fsp3) is 0.500. The van der Waals surface area contributed by atoms with E-state index in [0.29, 0.717) is 0 Å². The summed E-state index contributed by atoms with van der Waals surface area (Å²) < 4.78 is 4.73. The molecule has 0 aromatic carbocycles. The molecular weight excluding hydrogens is 220 g/mol. The van der Waals surface area contributed by atoms with Crippen molar-refractivity contribution in [3.8, 4) is 0 Å². The van der Waals surface area contributed by atoms with Crippen LogP contribution < -0.4 is 0 Å². The summed E-state index contributed by atoms with van der Waals surface area (Å²) in [6.07, 6.45) is 2.91. The molecule has 0 saturated heterocycles. The van der Waals surface area contributed by atoms with E-state index in [1.807, 2.05) is 13.8 Å². The van der Waals surface area contributed by atoms with Gasteiger partial charge in [0.25, 0.3) is 0 Å². The molecule has 1 unspecified atom stereocenters. The summed E-state index contributed by atoms with van der Waals surface area (Å²) in [7, 11) is 0. The number of Topliss-reactive ketones (excluding diaryl/α,β-unsaturated/α-hetero) is 1. The number of esters is 1. The molecule has 0 aliphatic rings. The van der Waals surface area contributed by atoms with Crippen molar-refractivity contribution < 1.29 is 14.3 Å². The maximum atomic E-state index is 11.6. The van der Waals surface area contributed by atoms with E-state index in [4.69, 9.17) is 4.74 Å². The Kier molecular flexibility index (Phi) is 7.50. The van der Waals surface area contributed by atoms with Crippen LogP contribution in [0.4, 0.5) is 0 Å². The van der Waals surface area contributed by atoms with Gasteiger partial charge in [-0.2, -0.15) is 0 Å². The molecule has 5 heteroatoms. The summed E-state index contributed by atoms with van der Waals surface area (Å²) in [4.78, 5) is 30.4. The van der Waals surface area contributed by atoms with Gasteiger partial charge in [-0.3, -0.25) is 9.59 Å². The second kappa shape index (κ2) is 8.38. The highest BCUT2D eigenvalue weighted by atomic mass is 16.5. The molecule has 0 N–H and O–H groups in total. The normalized spacial score (nSPS) is 10.8. The molecule has 0 fully saturated rings. The van der Waals surface area contributed by atoms with Gasteiger partial charge >= 0.3 is 5.97 Å². The lowest BCUT2D eigenvalue weighted by Crippen LogP contribution is -2.24. The molecule has 94 valence electrons. The zero-order valence-electron chi connectivity index (χ0n) is 10.6. The molecule has 0 aliphatic carbocycles. The molecule has 1 rings (SSSR count). The highest BCUT2D eigenvalue weighted by Gasteiger charge is 2.25. The minimum atomic E-state index is -0.854. The second-order valence-electron chi connectivity index (χ2n) is 2.91. The molecule has 17 heavy (non-hydrogen) atoms. The van der Waals surface area contributed by atoms with Crippen molar-refractivity contribution in [2.75, 3.05) is 6.61 Å². The SMILES string of the molecule is CC.CCOC(=O)C(C)C(=O)c1ncccn1. The Morgan fingerprint density at radius 2 is 1.82 bits per heavy atom. The van der Waals surface area contributed by atoms with Gasteiger partial charge in [0.05, 0.1) is 6.61 Å². The minimum absolute atomic E-state index is 0.0399. The van der Waals surface area contributed by atoms with Gasteiger partial charge in [0.1, 0.15) is 5.92 Å². The van der Waals surface area contributed by atoms with Crippen molar-refractivity contribution in [3.63, 3.8) is 0 Å². The molecule has 0 bridgehead atoms. The van der Waals surface area contributed by atoms with Gasteiger partial charge in [-0.15, -0.1) is 0 Å². The van der Waals surface area contributed by atoms with E-state index >= 15 is 0 Å². The predicted molar refractivity (Wildman–Crippen MR) is 63.5 cm³/mol. The van der Waals surface area contributed by atoms with Crippen molar-refractivity contribution in [2.24, 2.45) is 5.92 Å². The molecule has 0 spiro atoms. The average molecular weight is 238 g/mol. The maximum absolute atomic E-state index is 11.6. The third-order valence-electron chi connectivity index (χ3n) is 1.82. The molecule has 5 nitrogen and oxygen atoms in total. The molecule has 0 radical (unpaired) electrons. The number of hydrogen-bond donors (Lipinski definition) is 0. The Hall–Kier alpha value is -1.78. The highest BCUT2D eigenvalue weighted by molar-refractivity contribution is 6.06. The van der Waals surface area contributed by atoms with E-state index in [2.05, 4.69) is 9.97 Å². The number of carbonyl (C=O) groups is 2. The largest absolute Gasteiger partial charge is 0.465 e. The van der Waals surface area contributed by atoms with Gasteiger partial charge in [-0.05, 0) is 19.9 Å². The van der Waals surface area contributed by atoms with Gasteiger partial charge in [-0.1, -0.05) is 13.8 Å². The van der Waals surface area contributed by atoms with E-state index in [9.17, 15) is 9.59 Å². The number of carbonyl (C=O) groups excluding carboxylic acids is 2. The lowest BCUT2D eigenvalue weighted by molar-refractivity contribution is -0.145. The Morgan fingerprint density at radius 3 is 2.29 bits per heavy atom. The van der Waals surface area contributed by atoms with Crippen LogP contribution in [-0.4, -0.2) is 28.3 Å². The van der Waals surface area contributed by atoms with Crippen molar-refractivity contribution in [2.45, 2.75) is 27.7 Å². The second-order valence-corrected chi connectivity index (χ2v) is 2.91. The molecule has 0 saturated carbocycles. The first-order valence-corrected chi connectivity index (χ1v) is 5.64. The highest BCUT2D eigenvalue weighted by Crippen LogP contribution is 2.05.